The van der Waals surface area contributed by atoms with Gasteiger partial charge in [0, 0.05) is 24.7 Å². The topological polar surface area (TPSA) is 46.1 Å². The molecule has 1 amide bonds. The van der Waals surface area contributed by atoms with Gasteiger partial charge in [0.1, 0.15) is 11.6 Å². The number of halogens is 2. The van der Waals surface area contributed by atoms with Crippen LogP contribution in [0.2, 0.25) is 0 Å². The van der Waals surface area contributed by atoms with E-state index in [1.807, 2.05) is 17.0 Å². The Bertz CT molecular complexity index is 1160. The third-order valence-electron chi connectivity index (χ3n) is 7.09. The van der Waals surface area contributed by atoms with Crippen molar-refractivity contribution in [3.8, 4) is 0 Å². The molecule has 2 fully saturated rings. The van der Waals surface area contributed by atoms with Crippen LogP contribution in [-0.4, -0.2) is 27.3 Å². The largest absolute Gasteiger partial charge is 0.333 e. The zero-order chi connectivity index (χ0) is 22.8. The van der Waals surface area contributed by atoms with Gasteiger partial charge in [0.15, 0.2) is 0 Å². The van der Waals surface area contributed by atoms with Crippen LogP contribution in [0.3, 0.4) is 0 Å². The summed E-state index contributed by atoms with van der Waals surface area (Å²) in [5.41, 5.74) is 2.02. The Kier molecular flexibility index (Phi) is 5.92. The molecule has 4 nitrogen and oxygen atoms in total. The lowest BCUT2D eigenvalue weighted by molar-refractivity contribution is -0.138. The molecule has 2 aliphatic rings. The highest BCUT2D eigenvalue weighted by atomic mass is 19.1. The minimum atomic E-state index is -0.805. The van der Waals surface area contributed by atoms with E-state index in [1.54, 1.807) is 30.6 Å². The number of likely N-dealkylation sites (tertiary alicyclic amines) is 1. The fourth-order valence-electron chi connectivity index (χ4n) is 5.54. The lowest BCUT2D eigenvalue weighted by atomic mass is 9.77. The summed E-state index contributed by atoms with van der Waals surface area (Å²) in [6.45, 7) is 0.634. The number of rotatable bonds is 5. The first-order chi connectivity index (χ1) is 16.1. The van der Waals surface area contributed by atoms with Crippen LogP contribution in [0.25, 0.3) is 0 Å². The van der Waals surface area contributed by atoms with E-state index in [9.17, 15) is 13.6 Å². The second kappa shape index (κ2) is 9.00. The molecule has 3 aromatic rings. The maximum atomic E-state index is 14.8. The predicted octanol–water partition coefficient (Wildman–Crippen LogP) is 5.52. The van der Waals surface area contributed by atoms with Gasteiger partial charge in [0.2, 0.25) is 5.91 Å². The van der Waals surface area contributed by atoms with Crippen molar-refractivity contribution in [3.05, 3.63) is 95.1 Å². The summed E-state index contributed by atoms with van der Waals surface area (Å²) in [5.74, 6) is -0.579. The Morgan fingerprint density at radius 1 is 1.03 bits per heavy atom. The van der Waals surface area contributed by atoms with Crippen LogP contribution in [0.5, 0.6) is 0 Å². The third-order valence-corrected chi connectivity index (χ3v) is 7.09. The Labute approximate surface area is 192 Å². The summed E-state index contributed by atoms with van der Waals surface area (Å²) < 4.78 is 28.4. The van der Waals surface area contributed by atoms with E-state index in [0.717, 1.165) is 42.6 Å². The van der Waals surface area contributed by atoms with Crippen LogP contribution < -0.4 is 0 Å². The molecule has 1 aromatic heterocycles. The van der Waals surface area contributed by atoms with Crippen LogP contribution >= 0.6 is 0 Å². The molecule has 0 N–H and O–H groups in total. The molecule has 1 saturated carbocycles. The molecule has 0 unspecified atom stereocenters. The molecular formula is C27H27F2N3O. The molecule has 2 heterocycles. The number of carbonyl (C=O) groups is 1. The Morgan fingerprint density at radius 3 is 2.64 bits per heavy atom. The molecule has 1 aliphatic carbocycles. The molecule has 1 aliphatic heterocycles. The normalized spacial score (nSPS) is 19.7. The number of carbonyl (C=O) groups excluding carboxylic acids is 1. The van der Waals surface area contributed by atoms with E-state index in [4.69, 9.17) is 4.98 Å². The van der Waals surface area contributed by atoms with E-state index in [1.165, 1.54) is 18.2 Å². The number of aromatic nitrogens is 2. The second-order valence-corrected chi connectivity index (χ2v) is 9.17. The Hall–Kier alpha value is -3.15. The summed E-state index contributed by atoms with van der Waals surface area (Å²) in [6, 6.07) is 13.0. The molecule has 1 atom stereocenters. The van der Waals surface area contributed by atoms with Gasteiger partial charge in [-0.05, 0) is 49.4 Å². The average Bonchev–Trinajstić information content (AvgIpc) is 3.50. The van der Waals surface area contributed by atoms with Crippen LogP contribution in [-0.2, 0) is 16.6 Å². The quantitative estimate of drug-likeness (QED) is 0.517. The summed E-state index contributed by atoms with van der Waals surface area (Å²) in [5, 5.41) is 0. The van der Waals surface area contributed by atoms with E-state index in [2.05, 4.69) is 4.98 Å². The Morgan fingerprint density at radius 2 is 1.85 bits per heavy atom. The molecule has 2 aromatic carbocycles. The molecule has 0 spiro atoms. The second-order valence-electron chi connectivity index (χ2n) is 9.17. The molecule has 170 valence electrons. The number of amides is 1. The standard InChI is InChI=1S/C27H27F2N3O/c28-20-8-5-7-19(15-20)16-21-17-30-18-24(31-21)25-11-6-14-32(25)26(33)27(12-3-4-13-27)22-9-1-2-10-23(22)29/h1-2,5,7-10,15,17-18,25H,3-4,6,11-14,16H2/t25-/m1/s1. The van der Waals surface area contributed by atoms with Crippen molar-refractivity contribution in [2.24, 2.45) is 0 Å². The summed E-state index contributed by atoms with van der Waals surface area (Å²) >= 11 is 0. The zero-order valence-corrected chi connectivity index (χ0v) is 18.5. The molecule has 5 rings (SSSR count). The zero-order valence-electron chi connectivity index (χ0n) is 18.5. The lowest BCUT2D eigenvalue weighted by Crippen LogP contribution is -2.45. The fourth-order valence-corrected chi connectivity index (χ4v) is 5.54. The third kappa shape index (κ3) is 4.14. The summed E-state index contributed by atoms with van der Waals surface area (Å²) in [7, 11) is 0. The van der Waals surface area contributed by atoms with Crippen LogP contribution in [0.15, 0.2) is 60.9 Å². The lowest BCUT2D eigenvalue weighted by Gasteiger charge is -2.36. The van der Waals surface area contributed by atoms with Gasteiger partial charge in [0.25, 0.3) is 0 Å². The minimum absolute atomic E-state index is 0.00457. The van der Waals surface area contributed by atoms with Gasteiger partial charge in [-0.15, -0.1) is 0 Å². The van der Waals surface area contributed by atoms with E-state index in [0.29, 0.717) is 31.4 Å². The first-order valence-corrected chi connectivity index (χ1v) is 11.7. The average molecular weight is 448 g/mol. The first kappa shape index (κ1) is 21.7. The minimum Gasteiger partial charge on any atom is -0.333 e. The summed E-state index contributed by atoms with van der Waals surface area (Å²) in [6.07, 6.45) is 8.73. The van der Waals surface area contributed by atoms with Crippen LogP contribution in [0.4, 0.5) is 8.78 Å². The van der Waals surface area contributed by atoms with E-state index >= 15 is 0 Å². The van der Waals surface area contributed by atoms with Crippen molar-refractivity contribution in [3.63, 3.8) is 0 Å². The number of nitrogens with zero attached hydrogens (tertiary/aromatic N) is 3. The molecule has 33 heavy (non-hydrogen) atoms. The molecular weight excluding hydrogens is 420 g/mol. The van der Waals surface area contributed by atoms with Gasteiger partial charge in [-0.2, -0.15) is 0 Å². The molecule has 0 bridgehead atoms. The monoisotopic (exact) mass is 447 g/mol. The molecule has 1 saturated heterocycles. The van der Waals surface area contributed by atoms with Crippen molar-refractivity contribution in [2.75, 3.05) is 6.54 Å². The van der Waals surface area contributed by atoms with Crippen molar-refractivity contribution in [1.82, 2.24) is 14.9 Å². The SMILES string of the molecule is O=C(N1CCC[C@@H]1c1cncc(Cc2cccc(F)c2)n1)C1(c2ccccc2F)CCCC1. The maximum absolute atomic E-state index is 14.8. The highest BCUT2D eigenvalue weighted by molar-refractivity contribution is 5.89. The molecule has 6 heteroatoms. The number of hydrogen-bond donors (Lipinski definition) is 0. The fraction of sp³-hybridized carbons (Fsp3) is 0.370. The van der Waals surface area contributed by atoms with Gasteiger partial charge in [-0.25, -0.2) is 8.78 Å². The van der Waals surface area contributed by atoms with E-state index < -0.39 is 5.41 Å². The van der Waals surface area contributed by atoms with Gasteiger partial charge >= 0.3 is 0 Å². The maximum Gasteiger partial charge on any atom is 0.233 e. The van der Waals surface area contributed by atoms with E-state index in [-0.39, 0.29) is 23.6 Å². The van der Waals surface area contributed by atoms with Gasteiger partial charge in [-0.1, -0.05) is 43.2 Å². The highest BCUT2D eigenvalue weighted by Gasteiger charge is 2.48. The number of benzene rings is 2. The predicted molar refractivity (Wildman–Crippen MR) is 121 cm³/mol. The van der Waals surface area contributed by atoms with Crippen molar-refractivity contribution >= 4 is 5.91 Å². The Balaban J connectivity index is 1.43. The van der Waals surface area contributed by atoms with Crippen molar-refractivity contribution < 1.29 is 13.6 Å². The summed E-state index contributed by atoms with van der Waals surface area (Å²) in [4.78, 5) is 25.1. The first-order valence-electron chi connectivity index (χ1n) is 11.7. The van der Waals surface area contributed by atoms with Crippen molar-refractivity contribution in [2.45, 2.75) is 56.4 Å². The highest BCUT2D eigenvalue weighted by Crippen LogP contribution is 2.46. The smallest absolute Gasteiger partial charge is 0.233 e. The van der Waals surface area contributed by atoms with Crippen LogP contribution in [0.1, 0.15) is 67.1 Å². The van der Waals surface area contributed by atoms with Gasteiger partial charge < -0.3 is 4.90 Å². The van der Waals surface area contributed by atoms with Crippen molar-refractivity contribution in [1.29, 1.82) is 0 Å². The van der Waals surface area contributed by atoms with Gasteiger partial charge in [-0.3, -0.25) is 14.8 Å². The van der Waals surface area contributed by atoms with Crippen LogP contribution in [0, 0.1) is 11.6 Å². The molecule has 0 radical (unpaired) electrons. The van der Waals surface area contributed by atoms with Gasteiger partial charge in [0.05, 0.1) is 29.0 Å². The number of hydrogen-bond acceptors (Lipinski definition) is 3.